The maximum atomic E-state index is 4.24. The molecule has 3 heteroatoms. The number of pyridine rings is 1. The van der Waals surface area contributed by atoms with Gasteiger partial charge in [0.05, 0.1) is 0 Å². The average Bonchev–Trinajstić information content (AvgIpc) is 2.19. The summed E-state index contributed by atoms with van der Waals surface area (Å²) in [6.45, 7) is 2.06. The first-order chi connectivity index (χ1) is 6.43. The second kappa shape index (κ2) is 6.92. The van der Waals surface area contributed by atoms with Gasteiger partial charge in [-0.2, -0.15) is 12.6 Å². The Labute approximate surface area is 85.2 Å². The highest BCUT2D eigenvalue weighted by Crippen LogP contribution is 1.92. The van der Waals surface area contributed by atoms with Gasteiger partial charge in [0.15, 0.2) is 0 Å². The van der Waals surface area contributed by atoms with Crippen LogP contribution in [-0.2, 0) is 6.42 Å². The van der Waals surface area contributed by atoms with Crippen molar-refractivity contribution in [1.82, 2.24) is 10.3 Å². The van der Waals surface area contributed by atoms with Crippen LogP contribution in [0.15, 0.2) is 24.4 Å². The van der Waals surface area contributed by atoms with Gasteiger partial charge in [-0.3, -0.25) is 4.98 Å². The van der Waals surface area contributed by atoms with Crippen molar-refractivity contribution in [3.8, 4) is 0 Å². The zero-order chi connectivity index (χ0) is 9.36. The van der Waals surface area contributed by atoms with Gasteiger partial charge in [-0.25, -0.2) is 0 Å². The summed E-state index contributed by atoms with van der Waals surface area (Å²) in [4.78, 5) is 4.24. The summed E-state index contributed by atoms with van der Waals surface area (Å²) in [7, 11) is 0. The minimum absolute atomic E-state index is 0.955. The van der Waals surface area contributed by atoms with Crippen LogP contribution in [0.25, 0.3) is 0 Å². The van der Waals surface area contributed by atoms with E-state index in [9.17, 15) is 0 Å². The van der Waals surface area contributed by atoms with E-state index in [0.717, 1.165) is 37.4 Å². The Morgan fingerprint density at radius 2 is 2.23 bits per heavy atom. The Hall–Kier alpha value is -0.540. The molecular weight excluding hydrogens is 180 g/mol. The van der Waals surface area contributed by atoms with E-state index >= 15 is 0 Å². The average molecular weight is 196 g/mol. The van der Waals surface area contributed by atoms with Crippen LogP contribution in [0.4, 0.5) is 0 Å². The molecule has 0 bridgehead atoms. The van der Waals surface area contributed by atoms with Gasteiger partial charge in [-0.15, -0.1) is 0 Å². The summed E-state index contributed by atoms with van der Waals surface area (Å²) in [6, 6.07) is 6.02. The first kappa shape index (κ1) is 10.5. The first-order valence-electron chi connectivity index (χ1n) is 4.65. The topological polar surface area (TPSA) is 24.9 Å². The van der Waals surface area contributed by atoms with Crippen molar-refractivity contribution in [3.05, 3.63) is 30.1 Å². The highest BCUT2D eigenvalue weighted by molar-refractivity contribution is 7.80. The predicted octanol–water partition coefficient (Wildman–Crippen LogP) is 1.53. The molecule has 1 aromatic heterocycles. The molecule has 1 heterocycles. The molecule has 0 atom stereocenters. The number of rotatable bonds is 6. The molecule has 1 rings (SSSR count). The fourth-order valence-electron chi connectivity index (χ4n) is 1.09. The van der Waals surface area contributed by atoms with E-state index < -0.39 is 0 Å². The summed E-state index contributed by atoms with van der Waals surface area (Å²) >= 11 is 4.14. The fraction of sp³-hybridized carbons (Fsp3) is 0.500. The minimum atomic E-state index is 0.955. The second-order valence-corrected chi connectivity index (χ2v) is 3.35. The Morgan fingerprint density at radius 1 is 1.31 bits per heavy atom. The second-order valence-electron chi connectivity index (χ2n) is 2.90. The minimum Gasteiger partial charge on any atom is -0.316 e. The van der Waals surface area contributed by atoms with Crippen LogP contribution in [0.3, 0.4) is 0 Å². The van der Waals surface area contributed by atoms with Crippen LogP contribution in [-0.4, -0.2) is 23.8 Å². The number of hydrogen-bond donors (Lipinski definition) is 2. The van der Waals surface area contributed by atoms with Crippen LogP contribution in [0.5, 0.6) is 0 Å². The first-order valence-corrected chi connectivity index (χ1v) is 5.28. The highest BCUT2D eigenvalue weighted by atomic mass is 32.1. The van der Waals surface area contributed by atoms with Gasteiger partial charge >= 0.3 is 0 Å². The van der Waals surface area contributed by atoms with Gasteiger partial charge in [0.2, 0.25) is 0 Å². The van der Waals surface area contributed by atoms with Gasteiger partial charge in [0, 0.05) is 24.9 Å². The third-order valence-electron chi connectivity index (χ3n) is 1.80. The normalized spacial score (nSPS) is 10.2. The maximum absolute atomic E-state index is 4.24. The summed E-state index contributed by atoms with van der Waals surface area (Å²) in [5.74, 6) is 0.955. The third kappa shape index (κ3) is 4.90. The van der Waals surface area contributed by atoms with E-state index in [2.05, 4.69) is 29.0 Å². The fourth-order valence-corrected chi connectivity index (χ4v) is 1.25. The van der Waals surface area contributed by atoms with Gasteiger partial charge in [-0.1, -0.05) is 6.07 Å². The molecular formula is C10H16N2S. The van der Waals surface area contributed by atoms with Crippen LogP contribution in [0.2, 0.25) is 0 Å². The molecule has 13 heavy (non-hydrogen) atoms. The Balaban J connectivity index is 2.07. The zero-order valence-electron chi connectivity index (χ0n) is 7.74. The largest absolute Gasteiger partial charge is 0.316 e. The quantitative estimate of drug-likeness (QED) is 0.533. The lowest BCUT2D eigenvalue weighted by atomic mass is 10.3. The molecule has 0 saturated heterocycles. The molecule has 0 spiro atoms. The number of nitrogens with one attached hydrogen (secondary N) is 1. The van der Waals surface area contributed by atoms with Gasteiger partial charge in [0.1, 0.15) is 0 Å². The molecule has 0 fully saturated rings. The maximum Gasteiger partial charge on any atom is 0.0416 e. The number of nitrogens with zero attached hydrogens (tertiary/aromatic N) is 1. The van der Waals surface area contributed by atoms with Crippen molar-refractivity contribution < 1.29 is 0 Å². The molecule has 0 aliphatic heterocycles. The van der Waals surface area contributed by atoms with Crippen molar-refractivity contribution in [2.75, 3.05) is 18.8 Å². The summed E-state index contributed by atoms with van der Waals surface area (Å²) in [6.07, 6.45) is 3.97. The number of aromatic nitrogens is 1. The third-order valence-corrected chi connectivity index (χ3v) is 2.11. The molecule has 0 aliphatic rings. The summed E-state index contributed by atoms with van der Waals surface area (Å²) in [5.41, 5.74) is 1.15. The van der Waals surface area contributed by atoms with Gasteiger partial charge in [-0.05, 0) is 30.9 Å². The van der Waals surface area contributed by atoms with Crippen molar-refractivity contribution in [3.63, 3.8) is 0 Å². The van der Waals surface area contributed by atoms with Gasteiger partial charge < -0.3 is 5.32 Å². The van der Waals surface area contributed by atoms with Crippen LogP contribution in [0.1, 0.15) is 12.1 Å². The van der Waals surface area contributed by atoms with E-state index in [0.29, 0.717) is 0 Å². The van der Waals surface area contributed by atoms with E-state index in [1.807, 2.05) is 18.3 Å². The highest BCUT2D eigenvalue weighted by Gasteiger charge is 1.91. The standard InChI is InChI=1S/C10H16N2S/c13-9-3-6-11-8-5-10-4-1-2-7-12-10/h1-2,4,7,11,13H,3,5-6,8-9H2. The molecule has 1 N–H and O–H groups in total. The molecule has 0 amide bonds. The lowest BCUT2D eigenvalue weighted by Crippen LogP contribution is -2.19. The number of thiol groups is 1. The molecule has 0 saturated carbocycles. The summed E-state index contributed by atoms with van der Waals surface area (Å²) in [5, 5.41) is 3.35. The van der Waals surface area contributed by atoms with Gasteiger partial charge in [0.25, 0.3) is 0 Å². The van der Waals surface area contributed by atoms with Crippen molar-refractivity contribution in [2.45, 2.75) is 12.8 Å². The SMILES string of the molecule is SCCCNCCc1ccccn1. The predicted molar refractivity (Wildman–Crippen MR) is 59.3 cm³/mol. The monoisotopic (exact) mass is 196 g/mol. The molecule has 0 aliphatic carbocycles. The Morgan fingerprint density at radius 3 is 2.92 bits per heavy atom. The Bertz CT molecular complexity index is 213. The molecule has 0 aromatic carbocycles. The van der Waals surface area contributed by atoms with E-state index in [-0.39, 0.29) is 0 Å². The van der Waals surface area contributed by atoms with Crippen molar-refractivity contribution >= 4 is 12.6 Å². The van der Waals surface area contributed by atoms with Crippen LogP contribution < -0.4 is 5.32 Å². The number of hydrogen-bond acceptors (Lipinski definition) is 3. The van der Waals surface area contributed by atoms with Crippen LogP contribution in [0, 0.1) is 0 Å². The van der Waals surface area contributed by atoms with E-state index in [1.165, 1.54) is 0 Å². The lowest BCUT2D eigenvalue weighted by molar-refractivity contribution is 0.669. The van der Waals surface area contributed by atoms with Crippen molar-refractivity contribution in [2.24, 2.45) is 0 Å². The Kier molecular flexibility index (Phi) is 5.61. The van der Waals surface area contributed by atoms with E-state index in [4.69, 9.17) is 0 Å². The summed E-state index contributed by atoms with van der Waals surface area (Å²) < 4.78 is 0. The lowest BCUT2D eigenvalue weighted by Gasteiger charge is -2.02. The molecule has 0 radical (unpaired) electrons. The molecule has 2 nitrogen and oxygen atoms in total. The van der Waals surface area contributed by atoms with Crippen molar-refractivity contribution in [1.29, 1.82) is 0 Å². The van der Waals surface area contributed by atoms with E-state index in [1.54, 1.807) is 0 Å². The molecule has 0 unspecified atom stereocenters. The smallest absolute Gasteiger partial charge is 0.0416 e. The molecule has 72 valence electrons. The molecule has 1 aromatic rings. The zero-order valence-corrected chi connectivity index (χ0v) is 8.63. The van der Waals surface area contributed by atoms with Crippen LogP contribution >= 0.6 is 12.6 Å².